The molecule has 4 heteroatoms. The number of rotatable bonds is 2. The van der Waals surface area contributed by atoms with Crippen molar-refractivity contribution in [3.8, 4) is 6.07 Å². The van der Waals surface area contributed by atoms with E-state index < -0.39 is 5.91 Å². The van der Waals surface area contributed by atoms with Crippen LogP contribution in [0.4, 0.5) is 5.69 Å². The number of anilines is 1. The second kappa shape index (κ2) is 4.68. The Labute approximate surface area is 87.3 Å². The van der Waals surface area contributed by atoms with Gasteiger partial charge in [0.15, 0.2) is 6.07 Å². The molecular weight excluding hydrogens is 196 g/mol. The number of carbonyl (C=O) groups excluding carboxylic acids is 1. The summed E-state index contributed by atoms with van der Waals surface area (Å²) in [6.07, 6.45) is 1.99. The minimum absolute atomic E-state index is 0.554. The van der Waals surface area contributed by atoms with Gasteiger partial charge in [0.1, 0.15) is 0 Å². The third-order valence-corrected chi connectivity index (χ3v) is 2.60. The van der Waals surface area contributed by atoms with E-state index >= 15 is 0 Å². The van der Waals surface area contributed by atoms with Gasteiger partial charge < -0.3 is 4.90 Å². The highest BCUT2D eigenvalue weighted by Crippen LogP contribution is 2.19. The van der Waals surface area contributed by atoms with Crippen molar-refractivity contribution in [2.45, 2.75) is 4.90 Å². The molecular formula is C10H10N2OS. The molecule has 3 nitrogen and oxygen atoms in total. The number of hydrogen-bond donors (Lipinski definition) is 0. The van der Waals surface area contributed by atoms with Gasteiger partial charge in [0.25, 0.3) is 0 Å². The molecule has 0 spiro atoms. The molecule has 0 aromatic heterocycles. The average Bonchev–Trinajstić information content (AvgIpc) is 2.27. The first kappa shape index (κ1) is 10.6. The highest BCUT2D eigenvalue weighted by atomic mass is 32.2. The van der Waals surface area contributed by atoms with Gasteiger partial charge >= 0.3 is 5.91 Å². The number of nitriles is 1. The molecule has 0 bridgehead atoms. The maximum atomic E-state index is 11.0. The Balaban J connectivity index is 2.88. The van der Waals surface area contributed by atoms with Crippen LogP contribution in [0.5, 0.6) is 0 Å². The van der Waals surface area contributed by atoms with Crippen LogP contribution in [0.25, 0.3) is 0 Å². The fourth-order valence-electron chi connectivity index (χ4n) is 0.998. The van der Waals surface area contributed by atoms with Crippen LogP contribution in [0, 0.1) is 11.3 Å². The molecule has 0 aliphatic rings. The van der Waals surface area contributed by atoms with Gasteiger partial charge in [-0.15, -0.1) is 11.8 Å². The number of benzene rings is 1. The van der Waals surface area contributed by atoms with Crippen LogP contribution in [0.1, 0.15) is 0 Å². The van der Waals surface area contributed by atoms with Crippen molar-refractivity contribution in [1.29, 1.82) is 5.26 Å². The van der Waals surface area contributed by atoms with Gasteiger partial charge in [0, 0.05) is 17.6 Å². The third-order valence-electron chi connectivity index (χ3n) is 1.86. The Kier molecular flexibility index (Phi) is 3.55. The molecule has 0 aliphatic heterocycles. The van der Waals surface area contributed by atoms with Gasteiger partial charge in [0.05, 0.1) is 0 Å². The molecule has 1 aromatic carbocycles. The summed E-state index contributed by atoms with van der Waals surface area (Å²) in [6.45, 7) is 0. The van der Waals surface area contributed by atoms with Crippen molar-refractivity contribution in [2.24, 2.45) is 0 Å². The first-order valence-corrected chi connectivity index (χ1v) is 5.23. The summed E-state index contributed by atoms with van der Waals surface area (Å²) in [5.74, 6) is -0.554. The third kappa shape index (κ3) is 2.27. The molecule has 0 aliphatic carbocycles. The van der Waals surface area contributed by atoms with E-state index in [1.807, 2.05) is 30.5 Å². The number of amides is 1. The van der Waals surface area contributed by atoms with E-state index in [-0.39, 0.29) is 0 Å². The zero-order chi connectivity index (χ0) is 10.6. The summed E-state index contributed by atoms with van der Waals surface area (Å²) in [7, 11) is 1.58. The molecule has 0 atom stereocenters. The van der Waals surface area contributed by atoms with Crippen LogP contribution in [0.15, 0.2) is 29.2 Å². The van der Waals surface area contributed by atoms with Crippen LogP contribution in [-0.2, 0) is 4.79 Å². The molecule has 0 heterocycles. The summed E-state index contributed by atoms with van der Waals surface area (Å²) in [5, 5.41) is 8.42. The van der Waals surface area contributed by atoms with Crippen LogP contribution < -0.4 is 4.90 Å². The molecule has 0 unspecified atom stereocenters. The Bertz CT molecular complexity index is 367. The van der Waals surface area contributed by atoms with Crippen LogP contribution in [-0.4, -0.2) is 19.2 Å². The van der Waals surface area contributed by atoms with Crippen molar-refractivity contribution in [3.63, 3.8) is 0 Å². The molecule has 14 heavy (non-hydrogen) atoms. The van der Waals surface area contributed by atoms with Gasteiger partial charge in [-0.1, -0.05) is 0 Å². The number of hydrogen-bond acceptors (Lipinski definition) is 3. The molecule has 0 N–H and O–H groups in total. The van der Waals surface area contributed by atoms with E-state index in [4.69, 9.17) is 5.26 Å². The van der Waals surface area contributed by atoms with Gasteiger partial charge in [-0.3, -0.25) is 4.79 Å². The lowest BCUT2D eigenvalue weighted by atomic mass is 10.3. The van der Waals surface area contributed by atoms with E-state index in [0.29, 0.717) is 0 Å². The fourth-order valence-corrected chi connectivity index (χ4v) is 1.41. The van der Waals surface area contributed by atoms with Gasteiger partial charge in [-0.25, -0.2) is 0 Å². The average molecular weight is 206 g/mol. The van der Waals surface area contributed by atoms with Crippen molar-refractivity contribution in [3.05, 3.63) is 24.3 Å². The largest absolute Gasteiger partial charge is 0.329 e. The standard InChI is InChI=1S/C10H10N2OS/c1-12(10(13)7-11)8-3-5-9(14-2)6-4-8/h3-6H,1-2H3. The number of carbonyl (C=O) groups is 1. The quantitative estimate of drug-likeness (QED) is 0.548. The van der Waals surface area contributed by atoms with Crippen molar-refractivity contribution >= 4 is 23.4 Å². The van der Waals surface area contributed by atoms with E-state index in [1.165, 1.54) is 4.90 Å². The van der Waals surface area contributed by atoms with E-state index in [2.05, 4.69) is 0 Å². The van der Waals surface area contributed by atoms with Gasteiger partial charge in [0.2, 0.25) is 0 Å². The lowest BCUT2D eigenvalue weighted by molar-refractivity contribution is -0.113. The van der Waals surface area contributed by atoms with E-state index in [0.717, 1.165) is 10.6 Å². The zero-order valence-electron chi connectivity index (χ0n) is 8.02. The number of nitrogens with zero attached hydrogens (tertiary/aromatic N) is 2. The first-order valence-electron chi connectivity index (χ1n) is 4.01. The smallest absolute Gasteiger partial charge is 0.303 e. The summed E-state index contributed by atoms with van der Waals surface area (Å²) >= 11 is 1.63. The Morgan fingerprint density at radius 3 is 2.43 bits per heavy atom. The fraction of sp³-hybridized carbons (Fsp3) is 0.200. The van der Waals surface area contributed by atoms with Gasteiger partial charge in [-0.2, -0.15) is 5.26 Å². The summed E-state index contributed by atoms with van der Waals surface area (Å²) in [5.41, 5.74) is 0.731. The molecule has 0 fully saturated rings. The van der Waals surface area contributed by atoms with E-state index in [1.54, 1.807) is 24.9 Å². The molecule has 0 saturated carbocycles. The molecule has 0 saturated heterocycles. The zero-order valence-corrected chi connectivity index (χ0v) is 8.84. The minimum atomic E-state index is -0.554. The lowest BCUT2D eigenvalue weighted by Crippen LogP contribution is -2.24. The molecule has 1 amide bonds. The highest BCUT2D eigenvalue weighted by molar-refractivity contribution is 7.98. The predicted molar refractivity (Wildman–Crippen MR) is 57.2 cm³/mol. The van der Waals surface area contributed by atoms with E-state index in [9.17, 15) is 4.79 Å². The maximum absolute atomic E-state index is 11.0. The first-order chi connectivity index (χ1) is 6.69. The van der Waals surface area contributed by atoms with Crippen molar-refractivity contribution in [2.75, 3.05) is 18.2 Å². The summed E-state index contributed by atoms with van der Waals surface area (Å²) in [6, 6.07) is 9.05. The van der Waals surface area contributed by atoms with Crippen LogP contribution in [0.3, 0.4) is 0 Å². The minimum Gasteiger partial charge on any atom is -0.303 e. The van der Waals surface area contributed by atoms with Crippen molar-refractivity contribution in [1.82, 2.24) is 0 Å². The highest BCUT2D eigenvalue weighted by Gasteiger charge is 2.08. The lowest BCUT2D eigenvalue weighted by Gasteiger charge is -2.12. The molecule has 1 aromatic rings. The van der Waals surface area contributed by atoms with Crippen LogP contribution >= 0.6 is 11.8 Å². The maximum Gasteiger partial charge on any atom is 0.329 e. The molecule has 0 radical (unpaired) electrons. The van der Waals surface area contributed by atoms with Crippen molar-refractivity contribution < 1.29 is 4.79 Å². The van der Waals surface area contributed by atoms with Gasteiger partial charge in [-0.05, 0) is 30.5 Å². The molecule has 72 valence electrons. The Morgan fingerprint density at radius 1 is 1.43 bits per heavy atom. The SMILES string of the molecule is CSc1ccc(N(C)C(=O)C#N)cc1. The predicted octanol–water partition coefficient (Wildman–Crippen LogP) is 1.89. The normalized spacial score (nSPS) is 9.21. The monoisotopic (exact) mass is 206 g/mol. The molecule has 1 rings (SSSR count). The Morgan fingerprint density at radius 2 is 2.00 bits per heavy atom. The number of thioether (sulfide) groups is 1. The summed E-state index contributed by atoms with van der Waals surface area (Å²) in [4.78, 5) is 13.5. The Hall–Kier alpha value is -1.47. The second-order valence-corrected chi connectivity index (χ2v) is 3.55. The summed E-state index contributed by atoms with van der Waals surface area (Å²) < 4.78 is 0. The topological polar surface area (TPSA) is 44.1 Å². The second-order valence-electron chi connectivity index (χ2n) is 2.67. The van der Waals surface area contributed by atoms with Crippen LogP contribution in [0.2, 0.25) is 0 Å².